The maximum Gasteiger partial charge on any atom is 0.265 e. The number of unbranched alkanes of at least 4 members (excludes halogenated alkanes) is 30. The highest BCUT2D eigenvalue weighted by Gasteiger charge is 2.47. The van der Waals surface area contributed by atoms with E-state index in [1.807, 2.05) is 0 Å². The lowest BCUT2D eigenvalue weighted by Gasteiger charge is -2.21. The van der Waals surface area contributed by atoms with E-state index >= 15 is 0 Å². The van der Waals surface area contributed by atoms with Crippen molar-refractivity contribution >= 4 is 46.2 Å². The maximum absolute atomic E-state index is 14.4. The van der Waals surface area contributed by atoms with Crippen LogP contribution in [0.2, 0.25) is 0 Å². The van der Waals surface area contributed by atoms with Gasteiger partial charge < -0.3 is 16.7 Å². The number of hydrogen-bond acceptors (Lipinski definition) is 1. The molecule has 2 nitrogen and oxygen atoms in total. The molecule has 0 aliphatic carbocycles. The van der Waals surface area contributed by atoms with Crippen molar-refractivity contribution in [3.05, 3.63) is 181 Å². The molecule has 0 heterocycles. The summed E-state index contributed by atoms with van der Waals surface area (Å²) in [6, 6.07) is 0. The molecule has 0 spiro atoms. The summed E-state index contributed by atoms with van der Waals surface area (Å²) in [4.78, 5) is 1.78. The number of nitrogens with zero attached hydrogens (tertiary/aromatic N) is 1. The first-order valence-corrected chi connectivity index (χ1v) is 35.2. The highest BCUT2D eigenvalue weighted by atomic mass is 19.2. The minimum atomic E-state index is -3.96. The Morgan fingerprint density at radius 2 is 0.269 bits per heavy atom. The van der Waals surface area contributed by atoms with E-state index in [-0.39, 0.29) is 0 Å². The smallest absolute Gasteiger partial charge is 0.265 e. The Morgan fingerprint density at radius 3 is 0.380 bits per heavy atom. The average molecular weight is 1590 g/mol. The van der Waals surface area contributed by atoms with Gasteiger partial charge in [0.05, 0.1) is 20.1 Å². The fourth-order valence-corrected chi connectivity index (χ4v) is 12.2. The number of halogens is 30. The SMILES string of the molecule is CCCCCCCCCCCCCCCCCC[NH+](C)CCCCCCCCCCCCCCCCCC.Fc1c(F)c(F)c(B(c2c(F)c(F)c(F)c(F)c2F)c2c(F)c(F)c(F)c(F)c2F)c(F)c1F.Fc1c(F)c(F)c(B(c2c(F)c(F)c(F)c(F)c2F)c2c(F)c(F)c(F)c(F)c2F)c(F)c1F.[C-]#N. The Hall–Kier alpha value is -7.20. The highest BCUT2D eigenvalue weighted by Crippen LogP contribution is 2.28. The molecule has 0 saturated heterocycles. The maximum atomic E-state index is 14.4. The van der Waals surface area contributed by atoms with E-state index in [1.165, 1.54) is 219 Å². The molecule has 0 unspecified atom stereocenters. The summed E-state index contributed by atoms with van der Waals surface area (Å²) < 4.78 is 417. The van der Waals surface area contributed by atoms with Crippen LogP contribution in [0.25, 0.3) is 0 Å². The Morgan fingerprint density at radius 1 is 0.176 bits per heavy atom. The van der Waals surface area contributed by atoms with Gasteiger partial charge in [-0.3, -0.25) is 0 Å². The van der Waals surface area contributed by atoms with Gasteiger partial charge in [0.15, 0.2) is 175 Å². The van der Waals surface area contributed by atoms with Crippen LogP contribution in [0.5, 0.6) is 0 Å². The van der Waals surface area contributed by atoms with Crippen LogP contribution in [0.15, 0.2) is 0 Å². The van der Waals surface area contributed by atoms with Gasteiger partial charge in [0.25, 0.3) is 13.4 Å². The third kappa shape index (κ3) is 24.4. The molecule has 0 radical (unpaired) electrons. The summed E-state index contributed by atoms with van der Waals surface area (Å²) in [5, 5.41) is 6.25. The zero-order chi connectivity index (χ0) is 81.6. The van der Waals surface area contributed by atoms with Crippen molar-refractivity contribution in [2.75, 3.05) is 20.1 Å². The van der Waals surface area contributed by atoms with Crippen molar-refractivity contribution in [1.29, 1.82) is 5.26 Å². The Labute approximate surface area is 606 Å². The third-order valence-corrected chi connectivity index (χ3v) is 18.1. The van der Waals surface area contributed by atoms with Gasteiger partial charge in [0.1, 0.15) is 0 Å². The molecule has 6 rings (SSSR count). The van der Waals surface area contributed by atoms with Crippen molar-refractivity contribution in [1.82, 2.24) is 0 Å². The van der Waals surface area contributed by atoms with E-state index in [4.69, 9.17) is 11.8 Å². The van der Waals surface area contributed by atoms with Crippen LogP contribution < -0.4 is 37.7 Å². The molecule has 0 aliphatic heterocycles. The number of nitrogens with one attached hydrogen (secondary N) is 1. The van der Waals surface area contributed by atoms with Gasteiger partial charge in [-0.1, -0.05) is 194 Å². The standard InChI is InChI=1S/C37H77N.2C18BF15.CN/c1-4-6-8-10-12-14-16-18-20-22-24-26-28-30-32-34-36-38(3)37-35-33-31-29-27-25-23-21-19-17-15-13-11-9-7-5-2;2*20-4-1(5(21)11(27)16(32)10(4)26)19(2-6(22)12(28)17(33)13(29)7(2)23)3-8(24)14(30)18(34)15(31)9(3)25;1-2/h4-37H2,1-3H3;;;/q;;;-1/p+1. The van der Waals surface area contributed by atoms with Crippen LogP contribution in [0, 0.1) is 186 Å². The molecule has 0 atom stereocenters. The van der Waals surface area contributed by atoms with Crippen LogP contribution in [-0.4, -0.2) is 33.6 Å². The monoisotopic (exact) mass is 1590 g/mol. The molecule has 108 heavy (non-hydrogen) atoms. The Bertz CT molecular complexity index is 3180. The van der Waals surface area contributed by atoms with E-state index < -0.39 is 221 Å². The largest absolute Gasteiger partial charge is 0.512 e. The zero-order valence-corrected chi connectivity index (χ0v) is 59.0. The summed E-state index contributed by atoms with van der Waals surface area (Å²) >= 11 is 0. The number of quaternary nitrogens is 1. The molecule has 6 aromatic carbocycles. The molecule has 0 fully saturated rings. The molecule has 600 valence electrons. The van der Waals surface area contributed by atoms with Gasteiger partial charge >= 0.3 is 0 Å². The number of benzene rings is 6. The van der Waals surface area contributed by atoms with Gasteiger partial charge in [0, 0.05) is 32.8 Å². The van der Waals surface area contributed by atoms with E-state index in [9.17, 15) is 132 Å². The van der Waals surface area contributed by atoms with Gasteiger partial charge in [-0.15, -0.1) is 0 Å². The number of rotatable bonds is 40. The summed E-state index contributed by atoms with van der Waals surface area (Å²) in [7, 11) is 2.43. The van der Waals surface area contributed by atoms with Crippen LogP contribution in [0.1, 0.15) is 219 Å². The van der Waals surface area contributed by atoms with Crippen molar-refractivity contribution in [2.45, 2.75) is 219 Å². The minimum absolute atomic E-state index is 1.37. The molecule has 0 aliphatic rings. The quantitative estimate of drug-likeness (QED) is 0.0102. The van der Waals surface area contributed by atoms with Crippen LogP contribution in [0.4, 0.5) is 132 Å². The molecule has 0 amide bonds. The second kappa shape index (κ2) is 47.1. The summed E-state index contributed by atoms with van der Waals surface area (Å²) in [5.41, 5.74) is -16.1. The lowest BCUT2D eigenvalue weighted by atomic mass is 9.36. The second-order valence-corrected chi connectivity index (χ2v) is 25.8. The summed E-state index contributed by atoms with van der Waals surface area (Å²) in [6.07, 6.45) is 47.0. The van der Waals surface area contributed by atoms with Crippen LogP contribution in [0.3, 0.4) is 0 Å². The van der Waals surface area contributed by atoms with E-state index in [2.05, 4.69) is 20.9 Å². The van der Waals surface area contributed by atoms with E-state index in [1.54, 1.807) is 4.90 Å². The van der Waals surface area contributed by atoms with E-state index in [0.29, 0.717) is 0 Å². The van der Waals surface area contributed by atoms with Crippen molar-refractivity contribution < 1.29 is 137 Å². The lowest BCUT2D eigenvalue weighted by molar-refractivity contribution is -0.880. The molecule has 0 aromatic heterocycles. The first-order valence-electron chi connectivity index (χ1n) is 35.2. The van der Waals surface area contributed by atoms with Crippen LogP contribution >= 0.6 is 0 Å². The van der Waals surface area contributed by atoms with Gasteiger partial charge in [-0.05, 0) is 25.7 Å². The average Bonchev–Trinajstić information content (AvgIpc) is 0.735. The molecule has 6 aromatic rings. The summed E-state index contributed by atoms with van der Waals surface area (Å²) in [6.45, 7) is 4.25. The Kier molecular flexibility index (Phi) is 41.4. The van der Waals surface area contributed by atoms with Crippen LogP contribution in [-0.2, 0) is 0 Å². The van der Waals surface area contributed by atoms with Crippen molar-refractivity contribution in [3.63, 3.8) is 0 Å². The fraction of sp³-hybridized carbons (Fsp3) is 0.500. The van der Waals surface area contributed by atoms with Crippen molar-refractivity contribution in [2.24, 2.45) is 0 Å². The first kappa shape index (κ1) is 95.0. The molecular weight excluding hydrogens is 1510 g/mol. The second-order valence-electron chi connectivity index (χ2n) is 25.8. The number of hydrogen-bond donors (Lipinski definition) is 1. The lowest BCUT2D eigenvalue weighted by Crippen LogP contribution is -3.09. The predicted molar refractivity (Wildman–Crippen MR) is 347 cm³/mol. The molecule has 34 heteroatoms. The minimum Gasteiger partial charge on any atom is -0.512 e. The normalized spacial score (nSPS) is 11.3. The van der Waals surface area contributed by atoms with Gasteiger partial charge in [-0.2, -0.15) is 0 Å². The fourth-order valence-electron chi connectivity index (χ4n) is 12.2. The highest BCUT2D eigenvalue weighted by molar-refractivity contribution is 6.96. The predicted octanol–water partition coefficient (Wildman–Crippen LogP) is 20.7. The molecular formula is C74H78B2F30N2. The first-order chi connectivity index (χ1) is 51.1. The molecule has 0 saturated carbocycles. The molecule has 0 bridgehead atoms. The van der Waals surface area contributed by atoms with Crippen molar-refractivity contribution in [3.8, 4) is 0 Å². The zero-order valence-electron chi connectivity index (χ0n) is 59.0. The van der Waals surface area contributed by atoms with Gasteiger partial charge in [-0.25, -0.2) is 132 Å². The topological polar surface area (TPSA) is 28.2 Å². The summed E-state index contributed by atoms with van der Waals surface area (Å²) in [5.74, 6) is -90.4. The van der Waals surface area contributed by atoms with Gasteiger partial charge in [0.2, 0.25) is 0 Å². The Balaban J connectivity index is 0.000000416. The third-order valence-electron chi connectivity index (χ3n) is 18.1. The van der Waals surface area contributed by atoms with E-state index in [0.717, 1.165) is 0 Å². The molecule has 1 N–H and O–H groups in total.